The van der Waals surface area contributed by atoms with Gasteiger partial charge in [0, 0.05) is 11.8 Å². The van der Waals surface area contributed by atoms with Crippen LogP contribution in [0.1, 0.15) is 19.8 Å². The van der Waals surface area contributed by atoms with E-state index in [-0.39, 0.29) is 12.0 Å². The average molecular weight is 203 g/mol. The van der Waals surface area contributed by atoms with Crippen LogP contribution in [0.2, 0.25) is 0 Å². The van der Waals surface area contributed by atoms with Crippen LogP contribution in [-0.2, 0) is 9.53 Å². The molecular formula is C9H17NO2S. The van der Waals surface area contributed by atoms with Gasteiger partial charge in [0.25, 0.3) is 0 Å². The van der Waals surface area contributed by atoms with E-state index < -0.39 is 0 Å². The molecule has 1 rings (SSSR count). The van der Waals surface area contributed by atoms with E-state index in [2.05, 4.69) is 10.1 Å². The minimum atomic E-state index is -0.173. The summed E-state index contributed by atoms with van der Waals surface area (Å²) in [5.41, 5.74) is 0. The van der Waals surface area contributed by atoms with Crippen LogP contribution in [0.4, 0.5) is 0 Å². The number of carbonyl (C=O) groups is 1. The van der Waals surface area contributed by atoms with Crippen LogP contribution in [0.15, 0.2) is 0 Å². The Bertz CT molecular complexity index is 169. The van der Waals surface area contributed by atoms with Crippen LogP contribution < -0.4 is 5.32 Å². The predicted octanol–water partition coefficient (Wildman–Crippen LogP) is 1.03. The zero-order chi connectivity index (χ0) is 9.68. The van der Waals surface area contributed by atoms with Crippen molar-refractivity contribution in [2.75, 3.05) is 18.6 Å². The molecule has 0 spiro atoms. The lowest BCUT2D eigenvalue weighted by Gasteiger charge is -2.25. The molecule has 0 amide bonds. The highest BCUT2D eigenvalue weighted by atomic mass is 32.2. The molecule has 0 aromatic heterocycles. The van der Waals surface area contributed by atoms with Gasteiger partial charge in [-0.05, 0) is 25.5 Å². The molecular weight excluding hydrogens is 186 g/mol. The fraction of sp³-hybridized carbons (Fsp3) is 0.889. The second-order valence-corrected chi connectivity index (χ2v) is 4.48. The normalized spacial score (nSPS) is 25.2. The number of ether oxygens (including phenoxy) is 1. The second-order valence-electron chi connectivity index (χ2n) is 3.33. The fourth-order valence-corrected chi connectivity index (χ4v) is 2.56. The standard InChI is InChI=1S/C9H17NO2S/c1-7(9(11)12-2)10-8-4-3-5-13-6-8/h7-8,10H,3-6H2,1-2H3/t7-,8?/m0/s1. The third-order valence-electron chi connectivity index (χ3n) is 2.20. The first-order valence-electron chi connectivity index (χ1n) is 4.65. The summed E-state index contributed by atoms with van der Waals surface area (Å²) in [5.74, 6) is 2.20. The van der Waals surface area contributed by atoms with Crippen LogP contribution >= 0.6 is 11.8 Å². The number of carbonyl (C=O) groups excluding carboxylic acids is 1. The van der Waals surface area contributed by atoms with Crippen molar-refractivity contribution in [3.8, 4) is 0 Å². The maximum atomic E-state index is 11.1. The van der Waals surface area contributed by atoms with E-state index in [4.69, 9.17) is 0 Å². The molecule has 0 saturated carbocycles. The number of hydrogen-bond donors (Lipinski definition) is 1. The molecule has 13 heavy (non-hydrogen) atoms. The Labute approximate surface area is 83.6 Å². The number of methoxy groups -OCH3 is 1. The molecule has 0 aromatic carbocycles. The number of rotatable bonds is 3. The van der Waals surface area contributed by atoms with E-state index in [0.717, 1.165) is 5.75 Å². The molecule has 0 aliphatic carbocycles. The summed E-state index contributed by atoms with van der Waals surface area (Å²) in [6.07, 6.45) is 2.42. The first-order valence-corrected chi connectivity index (χ1v) is 5.81. The van der Waals surface area contributed by atoms with Gasteiger partial charge in [-0.1, -0.05) is 0 Å². The Morgan fingerprint density at radius 2 is 2.46 bits per heavy atom. The molecule has 4 heteroatoms. The quantitative estimate of drug-likeness (QED) is 0.695. The number of nitrogens with one attached hydrogen (secondary N) is 1. The maximum absolute atomic E-state index is 11.1. The minimum absolute atomic E-state index is 0.171. The molecule has 0 bridgehead atoms. The van der Waals surface area contributed by atoms with Crippen molar-refractivity contribution in [2.24, 2.45) is 0 Å². The van der Waals surface area contributed by atoms with Crippen molar-refractivity contribution in [3.05, 3.63) is 0 Å². The van der Waals surface area contributed by atoms with Crippen molar-refractivity contribution in [3.63, 3.8) is 0 Å². The second kappa shape index (κ2) is 5.50. The summed E-state index contributed by atoms with van der Waals surface area (Å²) in [6.45, 7) is 1.85. The highest BCUT2D eigenvalue weighted by Crippen LogP contribution is 2.17. The van der Waals surface area contributed by atoms with E-state index in [9.17, 15) is 4.79 Å². The van der Waals surface area contributed by atoms with Gasteiger partial charge in [-0.15, -0.1) is 0 Å². The summed E-state index contributed by atoms with van der Waals surface area (Å²) < 4.78 is 4.65. The monoisotopic (exact) mass is 203 g/mol. The van der Waals surface area contributed by atoms with Crippen molar-refractivity contribution in [2.45, 2.75) is 31.8 Å². The molecule has 1 fully saturated rings. The van der Waals surface area contributed by atoms with Crippen LogP contribution in [0.3, 0.4) is 0 Å². The van der Waals surface area contributed by atoms with Crippen molar-refractivity contribution in [1.82, 2.24) is 5.32 Å². The number of esters is 1. The first kappa shape index (κ1) is 10.9. The zero-order valence-electron chi connectivity index (χ0n) is 8.21. The van der Waals surface area contributed by atoms with Gasteiger partial charge in [0.2, 0.25) is 0 Å². The van der Waals surface area contributed by atoms with Crippen LogP contribution in [-0.4, -0.2) is 36.7 Å². The lowest BCUT2D eigenvalue weighted by molar-refractivity contribution is -0.142. The van der Waals surface area contributed by atoms with Crippen LogP contribution in [0.25, 0.3) is 0 Å². The Morgan fingerprint density at radius 3 is 3.00 bits per heavy atom. The lowest BCUT2D eigenvalue weighted by Crippen LogP contribution is -2.44. The van der Waals surface area contributed by atoms with Crippen LogP contribution in [0, 0.1) is 0 Å². The SMILES string of the molecule is COC(=O)[C@H](C)NC1CCCSC1. The van der Waals surface area contributed by atoms with Gasteiger partial charge in [0.05, 0.1) is 7.11 Å². The predicted molar refractivity (Wildman–Crippen MR) is 55.0 cm³/mol. The summed E-state index contributed by atoms with van der Waals surface area (Å²) in [7, 11) is 1.43. The van der Waals surface area contributed by atoms with E-state index in [1.807, 2.05) is 18.7 Å². The molecule has 76 valence electrons. The van der Waals surface area contributed by atoms with Crippen molar-refractivity contribution < 1.29 is 9.53 Å². The molecule has 2 atom stereocenters. The molecule has 1 heterocycles. The van der Waals surface area contributed by atoms with E-state index in [0.29, 0.717) is 6.04 Å². The summed E-state index contributed by atoms with van der Waals surface area (Å²) in [4.78, 5) is 11.1. The van der Waals surface area contributed by atoms with Crippen molar-refractivity contribution in [1.29, 1.82) is 0 Å². The van der Waals surface area contributed by atoms with Crippen LogP contribution in [0.5, 0.6) is 0 Å². The molecule has 1 N–H and O–H groups in total. The summed E-state index contributed by atoms with van der Waals surface area (Å²) >= 11 is 1.95. The molecule has 1 unspecified atom stereocenters. The van der Waals surface area contributed by atoms with E-state index in [1.54, 1.807) is 0 Å². The molecule has 0 radical (unpaired) electrons. The fourth-order valence-electron chi connectivity index (χ4n) is 1.47. The van der Waals surface area contributed by atoms with Gasteiger partial charge < -0.3 is 10.1 Å². The Balaban J connectivity index is 2.25. The highest BCUT2D eigenvalue weighted by molar-refractivity contribution is 7.99. The Kier molecular flexibility index (Phi) is 4.59. The summed E-state index contributed by atoms with van der Waals surface area (Å²) in [6, 6.07) is 0.307. The highest BCUT2D eigenvalue weighted by Gasteiger charge is 2.19. The third-order valence-corrected chi connectivity index (χ3v) is 3.42. The molecule has 1 aliphatic rings. The van der Waals surface area contributed by atoms with Gasteiger partial charge in [-0.3, -0.25) is 4.79 Å². The van der Waals surface area contributed by atoms with Gasteiger partial charge in [0.1, 0.15) is 6.04 Å². The molecule has 1 aliphatic heterocycles. The molecule has 0 aromatic rings. The smallest absolute Gasteiger partial charge is 0.322 e. The third kappa shape index (κ3) is 3.56. The Hall–Kier alpha value is -0.220. The maximum Gasteiger partial charge on any atom is 0.322 e. The van der Waals surface area contributed by atoms with Gasteiger partial charge >= 0.3 is 5.97 Å². The van der Waals surface area contributed by atoms with E-state index >= 15 is 0 Å². The molecule has 3 nitrogen and oxygen atoms in total. The summed E-state index contributed by atoms with van der Waals surface area (Å²) in [5, 5.41) is 3.27. The number of thioether (sulfide) groups is 1. The van der Waals surface area contributed by atoms with Gasteiger partial charge in [-0.25, -0.2) is 0 Å². The first-order chi connectivity index (χ1) is 6.24. The Morgan fingerprint density at radius 1 is 1.69 bits per heavy atom. The average Bonchev–Trinajstić information content (AvgIpc) is 2.18. The minimum Gasteiger partial charge on any atom is -0.468 e. The lowest BCUT2D eigenvalue weighted by atomic mass is 10.1. The van der Waals surface area contributed by atoms with E-state index in [1.165, 1.54) is 25.7 Å². The number of hydrogen-bond acceptors (Lipinski definition) is 4. The topological polar surface area (TPSA) is 38.3 Å². The largest absolute Gasteiger partial charge is 0.468 e. The van der Waals surface area contributed by atoms with Crippen molar-refractivity contribution >= 4 is 17.7 Å². The zero-order valence-corrected chi connectivity index (χ0v) is 9.02. The molecule has 1 saturated heterocycles. The van der Waals surface area contributed by atoms with Gasteiger partial charge in [0.15, 0.2) is 0 Å². The van der Waals surface area contributed by atoms with Gasteiger partial charge in [-0.2, -0.15) is 11.8 Å².